The van der Waals surface area contributed by atoms with E-state index >= 15 is 0 Å². The summed E-state index contributed by atoms with van der Waals surface area (Å²) < 4.78 is 10.7. The lowest BCUT2D eigenvalue weighted by molar-refractivity contribution is 0.219. The Kier molecular flexibility index (Phi) is 4.10. The second-order valence-electron chi connectivity index (χ2n) is 5.37. The Hall–Kier alpha value is -2.01. The molecule has 2 heterocycles. The van der Waals surface area contributed by atoms with Crippen LogP contribution < -0.4 is 9.64 Å². The molecule has 0 amide bonds. The molecule has 3 rings (SSSR count). The van der Waals surface area contributed by atoms with Gasteiger partial charge in [-0.1, -0.05) is 17.3 Å². The molecule has 0 N–H and O–H groups in total. The Morgan fingerprint density at radius 1 is 1.19 bits per heavy atom. The number of ether oxygens (including phenoxy) is 1. The van der Waals surface area contributed by atoms with Crippen LogP contribution in [0.1, 0.15) is 11.5 Å². The zero-order valence-corrected chi connectivity index (χ0v) is 12.6. The Morgan fingerprint density at radius 2 is 1.95 bits per heavy atom. The maximum atomic E-state index is 5.45. The van der Waals surface area contributed by atoms with E-state index in [-0.39, 0.29) is 0 Å². The molecule has 0 radical (unpaired) electrons. The van der Waals surface area contributed by atoms with Gasteiger partial charge in [-0.2, -0.15) is 0 Å². The number of anilines is 1. The van der Waals surface area contributed by atoms with Gasteiger partial charge in [0.15, 0.2) is 5.76 Å². The van der Waals surface area contributed by atoms with Crippen molar-refractivity contribution in [3.63, 3.8) is 0 Å². The summed E-state index contributed by atoms with van der Waals surface area (Å²) in [4.78, 5) is 4.77. The van der Waals surface area contributed by atoms with Gasteiger partial charge in [-0.15, -0.1) is 0 Å². The van der Waals surface area contributed by atoms with Crippen molar-refractivity contribution in [2.75, 3.05) is 38.2 Å². The van der Waals surface area contributed by atoms with Crippen LogP contribution in [-0.4, -0.2) is 43.3 Å². The number of rotatable bonds is 4. The van der Waals surface area contributed by atoms with E-state index in [0.29, 0.717) is 0 Å². The quantitative estimate of drug-likeness (QED) is 0.863. The molecule has 5 heteroatoms. The Labute approximate surface area is 125 Å². The predicted molar refractivity (Wildman–Crippen MR) is 81.7 cm³/mol. The molecule has 1 fully saturated rings. The van der Waals surface area contributed by atoms with E-state index < -0.39 is 0 Å². The van der Waals surface area contributed by atoms with Crippen molar-refractivity contribution in [3.05, 3.63) is 41.8 Å². The lowest BCUT2D eigenvalue weighted by atomic mass is 10.2. The van der Waals surface area contributed by atoms with Crippen LogP contribution in [0.15, 0.2) is 34.9 Å². The highest BCUT2D eigenvalue weighted by Gasteiger charge is 2.20. The standard InChI is InChI=1S/C16H21N3O2/c1-13-11-14(21-17-13)12-18-7-9-19(10-8-18)15-5-3-4-6-16(15)20-2/h3-6,11H,7-10,12H2,1-2H3. The number of piperazine rings is 1. The van der Waals surface area contributed by atoms with Gasteiger partial charge in [-0.05, 0) is 19.1 Å². The first kappa shape index (κ1) is 13.9. The maximum absolute atomic E-state index is 5.45. The zero-order valence-electron chi connectivity index (χ0n) is 12.6. The van der Waals surface area contributed by atoms with Gasteiger partial charge in [0.05, 0.1) is 25.0 Å². The molecule has 0 saturated carbocycles. The number of hydrogen-bond acceptors (Lipinski definition) is 5. The summed E-state index contributed by atoms with van der Waals surface area (Å²) in [5.41, 5.74) is 2.12. The fourth-order valence-corrected chi connectivity index (χ4v) is 2.75. The van der Waals surface area contributed by atoms with E-state index in [0.717, 1.165) is 49.9 Å². The Balaban J connectivity index is 1.60. The third-order valence-corrected chi connectivity index (χ3v) is 3.85. The molecular weight excluding hydrogens is 266 g/mol. The molecule has 0 spiro atoms. The summed E-state index contributed by atoms with van der Waals surface area (Å²) in [5, 5.41) is 3.94. The fourth-order valence-electron chi connectivity index (χ4n) is 2.75. The van der Waals surface area contributed by atoms with Crippen molar-refractivity contribution < 1.29 is 9.26 Å². The number of aryl methyl sites for hydroxylation is 1. The summed E-state index contributed by atoms with van der Waals surface area (Å²) in [6.07, 6.45) is 0. The zero-order chi connectivity index (χ0) is 14.7. The fraction of sp³-hybridized carbons (Fsp3) is 0.438. The van der Waals surface area contributed by atoms with Crippen molar-refractivity contribution in [1.29, 1.82) is 0 Å². The minimum atomic E-state index is 0.834. The van der Waals surface area contributed by atoms with E-state index in [9.17, 15) is 0 Å². The summed E-state index contributed by atoms with van der Waals surface area (Å²) in [6, 6.07) is 10.2. The molecule has 21 heavy (non-hydrogen) atoms. The van der Waals surface area contributed by atoms with E-state index in [4.69, 9.17) is 9.26 Å². The second-order valence-corrected chi connectivity index (χ2v) is 5.37. The molecule has 1 aromatic carbocycles. The highest BCUT2D eigenvalue weighted by atomic mass is 16.5. The summed E-state index contributed by atoms with van der Waals surface area (Å²) in [7, 11) is 1.72. The molecule has 0 unspecified atom stereocenters. The van der Waals surface area contributed by atoms with Gasteiger partial charge in [-0.25, -0.2) is 0 Å². The molecule has 112 valence electrons. The van der Waals surface area contributed by atoms with E-state index in [1.165, 1.54) is 5.69 Å². The molecular formula is C16H21N3O2. The van der Waals surface area contributed by atoms with E-state index in [2.05, 4.69) is 27.1 Å². The normalized spacial score (nSPS) is 16.2. The number of methoxy groups -OCH3 is 1. The van der Waals surface area contributed by atoms with Gasteiger partial charge in [0, 0.05) is 32.2 Å². The molecule has 1 saturated heterocycles. The average molecular weight is 287 g/mol. The first-order chi connectivity index (χ1) is 10.3. The molecule has 1 aliphatic rings. The van der Waals surface area contributed by atoms with Gasteiger partial charge in [0.2, 0.25) is 0 Å². The molecule has 0 aliphatic carbocycles. The van der Waals surface area contributed by atoms with Gasteiger partial charge in [-0.3, -0.25) is 4.90 Å². The number of hydrogen-bond donors (Lipinski definition) is 0. The topological polar surface area (TPSA) is 41.7 Å². The monoisotopic (exact) mass is 287 g/mol. The highest BCUT2D eigenvalue weighted by Crippen LogP contribution is 2.28. The third-order valence-electron chi connectivity index (χ3n) is 3.85. The number of benzene rings is 1. The van der Waals surface area contributed by atoms with Crippen LogP contribution in [0.5, 0.6) is 5.75 Å². The largest absolute Gasteiger partial charge is 0.495 e. The van der Waals surface area contributed by atoms with Crippen molar-refractivity contribution in [2.45, 2.75) is 13.5 Å². The van der Waals surface area contributed by atoms with Crippen molar-refractivity contribution in [3.8, 4) is 5.75 Å². The molecule has 0 bridgehead atoms. The van der Waals surface area contributed by atoms with Crippen molar-refractivity contribution >= 4 is 5.69 Å². The highest BCUT2D eigenvalue weighted by molar-refractivity contribution is 5.58. The first-order valence-electron chi connectivity index (χ1n) is 7.29. The third kappa shape index (κ3) is 3.19. The van der Waals surface area contributed by atoms with Crippen LogP contribution >= 0.6 is 0 Å². The van der Waals surface area contributed by atoms with Crippen molar-refractivity contribution in [2.24, 2.45) is 0 Å². The van der Waals surface area contributed by atoms with Gasteiger partial charge in [0.25, 0.3) is 0 Å². The lowest BCUT2D eigenvalue weighted by Crippen LogP contribution is -2.46. The van der Waals surface area contributed by atoms with Crippen LogP contribution in [0.3, 0.4) is 0 Å². The van der Waals surface area contributed by atoms with Crippen LogP contribution in [0.25, 0.3) is 0 Å². The molecule has 1 aliphatic heterocycles. The Bertz CT molecular complexity index is 589. The van der Waals surface area contributed by atoms with E-state index in [1.54, 1.807) is 7.11 Å². The minimum absolute atomic E-state index is 0.834. The summed E-state index contributed by atoms with van der Waals surface area (Å²) in [6.45, 7) is 6.80. The SMILES string of the molecule is COc1ccccc1N1CCN(Cc2cc(C)no2)CC1. The molecule has 1 aromatic heterocycles. The number of para-hydroxylation sites is 2. The molecule has 0 atom stereocenters. The van der Waals surface area contributed by atoms with Crippen molar-refractivity contribution in [1.82, 2.24) is 10.1 Å². The molecule has 2 aromatic rings. The van der Waals surface area contributed by atoms with Crippen LogP contribution in [0.2, 0.25) is 0 Å². The first-order valence-corrected chi connectivity index (χ1v) is 7.29. The molecule has 5 nitrogen and oxygen atoms in total. The smallest absolute Gasteiger partial charge is 0.150 e. The van der Waals surface area contributed by atoms with E-state index in [1.807, 2.05) is 25.1 Å². The van der Waals surface area contributed by atoms with Crippen LogP contribution in [0, 0.1) is 6.92 Å². The number of aromatic nitrogens is 1. The average Bonchev–Trinajstić information content (AvgIpc) is 2.93. The second kappa shape index (κ2) is 6.18. The van der Waals surface area contributed by atoms with Gasteiger partial charge >= 0.3 is 0 Å². The maximum Gasteiger partial charge on any atom is 0.150 e. The van der Waals surface area contributed by atoms with Gasteiger partial charge < -0.3 is 14.2 Å². The summed E-state index contributed by atoms with van der Waals surface area (Å²) >= 11 is 0. The number of nitrogens with zero attached hydrogens (tertiary/aromatic N) is 3. The minimum Gasteiger partial charge on any atom is -0.495 e. The lowest BCUT2D eigenvalue weighted by Gasteiger charge is -2.36. The summed E-state index contributed by atoms with van der Waals surface area (Å²) in [5.74, 6) is 1.88. The van der Waals surface area contributed by atoms with Crippen LogP contribution in [0.4, 0.5) is 5.69 Å². The van der Waals surface area contributed by atoms with Gasteiger partial charge in [0.1, 0.15) is 5.75 Å². The van der Waals surface area contributed by atoms with Crippen LogP contribution in [-0.2, 0) is 6.54 Å². The predicted octanol–water partition coefficient (Wildman–Crippen LogP) is 2.31. The Morgan fingerprint density at radius 3 is 2.62 bits per heavy atom.